The second-order valence-corrected chi connectivity index (χ2v) is 6.35. The summed E-state index contributed by atoms with van der Waals surface area (Å²) in [7, 11) is -3.68. The van der Waals surface area contributed by atoms with E-state index in [1.54, 1.807) is 24.3 Å². The van der Waals surface area contributed by atoms with Gasteiger partial charge in [-0.3, -0.25) is 4.72 Å². The molecule has 6 nitrogen and oxygen atoms in total. The number of benzene rings is 1. The Hall–Kier alpha value is -1.57. The van der Waals surface area contributed by atoms with Gasteiger partial charge in [0.15, 0.2) is 0 Å². The number of halogens is 2. The van der Waals surface area contributed by atoms with Crippen molar-refractivity contribution in [3.05, 3.63) is 46.3 Å². The number of hydrogen-bond donors (Lipinski definition) is 2. The first-order chi connectivity index (χ1) is 9.35. The standard InChI is InChI=1S/C11H10Cl2N4O2S/c12-9-5-10(16-11(13)15-9)17-20(18,19)6-7-3-1-2-4-8(7)14/h1-5H,6,14H2,(H,15,16,17). The summed E-state index contributed by atoms with van der Waals surface area (Å²) in [4.78, 5) is 7.36. The summed E-state index contributed by atoms with van der Waals surface area (Å²) in [6, 6.07) is 7.96. The van der Waals surface area contributed by atoms with Gasteiger partial charge < -0.3 is 5.73 Å². The van der Waals surface area contributed by atoms with Crippen molar-refractivity contribution in [2.45, 2.75) is 5.75 Å². The Labute approximate surface area is 126 Å². The molecule has 0 amide bonds. The molecule has 1 aromatic carbocycles. The Morgan fingerprint density at radius 3 is 2.55 bits per heavy atom. The number of sulfonamides is 1. The molecule has 20 heavy (non-hydrogen) atoms. The van der Waals surface area contributed by atoms with Gasteiger partial charge in [-0.25, -0.2) is 13.4 Å². The molecule has 0 atom stereocenters. The lowest BCUT2D eigenvalue weighted by atomic mass is 10.2. The molecule has 0 spiro atoms. The summed E-state index contributed by atoms with van der Waals surface area (Å²) in [6.45, 7) is 0. The average molecular weight is 333 g/mol. The number of nitrogen functional groups attached to an aromatic ring is 1. The molecule has 0 saturated heterocycles. The highest BCUT2D eigenvalue weighted by molar-refractivity contribution is 7.91. The van der Waals surface area contributed by atoms with Crippen LogP contribution in [0.25, 0.3) is 0 Å². The van der Waals surface area contributed by atoms with Crippen molar-refractivity contribution < 1.29 is 8.42 Å². The highest BCUT2D eigenvalue weighted by Gasteiger charge is 2.15. The molecule has 9 heteroatoms. The summed E-state index contributed by atoms with van der Waals surface area (Å²) < 4.78 is 26.3. The van der Waals surface area contributed by atoms with E-state index in [0.29, 0.717) is 11.3 Å². The molecule has 0 saturated carbocycles. The third-order valence-corrected chi connectivity index (χ3v) is 3.90. The van der Waals surface area contributed by atoms with E-state index in [-0.39, 0.29) is 22.0 Å². The zero-order chi connectivity index (χ0) is 14.8. The molecule has 0 fully saturated rings. The first-order valence-electron chi connectivity index (χ1n) is 5.40. The van der Waals surface area contributed by atoms with Crippen LogP contribution < -0.4 is 10.5 Å². The first kappa shape index (κ1) is 14.8. The van der Waals surface area contributed by atoms with Crippen molar-refractivity contribution in [1.82, 2.24) is 9.97 Å². The molecule has 0 unspecified atom stereocenters. The SMILES string of the molecule is Nc1ccccc1CS(=O)(=O)Nc1cc(Cl)nc(Cl)n1. The predicted molar refractivity (Wildman–Crippen MR) is 79.2 cm³/mol. The summed E-state index contributed by atoms with van der Waals surface area (Å²) >= 11 is 11.3. The summed E-state index contributed by atoms with van der Waals surface area (Å²) in [5, 5.41) is -0.101. The van der Waals surface area contributed by atoms with Crippen molar-refractivity contribution in [2.75, 3.05) is 10.5 Å². The highest BCUT2D eigenvalue weighted by Crippen LogP contribution is 2.18. The van der Waals surface area contributed by atoms with Crippen LogP contribution in [-0.4, -0.2) is 18.4 Å². The van der Waals surface area contributed by atoms with Crippen molar-refractivity contribution in [2.24, 2.45) is 0 Å². The zero-order valence-electron chi connectivity index (χ0n) is 10.0. The van der Waals surface area contributed by atoms with Crippen LogP contribution in [-0.2, 0) is 15.8 Å². The fraction of sp³-hybridized carbons (Fsp3) is 0.0909. The van der Waals surface area contributed by atoms with Gasteiger partial charge in [0.05, 0.1) is 5.75 Å². The van der Waals surface area contributed by atoms with Crippen LogP contribution in [0.2, 0.25) is 10.4 Å². The van der Waals surface area contributed by atoms with Gasteiger partial charge in [0.25, 0.3) is 0 Å². The Kier molecular flexibility index (Phi) is 4.32. The second-order valence-electron chi connectivity index (χ2n) is 3.90. The molecule has 1 heterocycles. The quantitative estimate of drug-likeness (QED) is 0.508. The maximum atomic E-state index is 12.0. The van der Waals surface area contributed by atoms with E-state index < -0.39 is 10.0 Å². The minimum absolute atomic E-state index is 0.00417. The Bertz CT molecular complexity index is 717. The summed E-state index contributed by atoms with van der Waals surface area (Å²) in [5.74, 6) is -0.275. The van der Waals surface area contributed by atoms with Crippen LogP contribution in [0.5, 0.6) is 0 Å². The van der Waals surface area contributed by atoms with Crippen LogP contribution in [0.1, 0.15) is 5.56 Å². The molecule has 2 aromatic rings. The van der Waals surface area contributed by atoms with E-state index in [2.05, 4.69) is 14.7 Å². The molecule has 0 aliphatic rings. The zero-order valence-corrected chi connectivity index (χ0v) is 12.4. The fourth-order valence-electron chi connectivity index (χ4n) is 1.51. The van der Waals surface area contributed by atoms with E-state index in [9.17, 15) is 8.42 Å². The minimum Gasteiger partial charge on any atom is -0.398 e. The molecule has 2 rings (SSSR count). The monoisotopic (exact) mass is 332 g/mol. The smallest absolute Gasteiger partial charge is 0.238 e. The number of nitrogens with zero attached hydrogens (tertiary/aromatic N) is 2. The molecule has 106 valence electrons. The van der Waals surface area contributed by atoms with Crippen molar-refractivity contribution in [1.29, 1.82) is 0 Å². The largest absolute Gasteiger partial charge is 0.398 e. The molecular formula is C11H10Cl2N4O2S. The first-order valence-corrected chi connectivity index (χ1v) is 7.80. The van der Waals surface area contributed by atoms with Crippen molar-refractivity contribution >= 4 is 44.7 Å². The van der Waals surface area contributed by atoms with E-state index in [1.807, 2.05) is 0 Å². The molecule has 3 N–H and O–H groups in total. The molecule has 0 radical (unpaired) electrons. The Morgan fingerprint density at radius 2 is 1.90 bits per heavy atom. The van der Waals surface area contributed by atoms with Crippen LogP contribution in [0, 0.1) is 0 Å². The van der Waals surface area contributed by atoms with Gasteiger partial charge >= 0.3 is 0 Å². The number of aromatic nitrogens is 2. The van der Waals surface area contributed by atoms with Crippen molar-refractivity contribution in [3.63, 3.8) is 0 Å². The lowest BCUT2D eigenvalue weighted by Gasteiger charge is -2.09. The molecule has 0 aliphatic carbocycles. The summed E-state index contributed by atoms with van der Waals surface area (Å²) in [6.07, 6.45) is 0. The molecular weight excluding hydrogens is 323 g/mol. The highest BCUT2D eigenvalue weighted by atomic mass is 35.5. The lowest BCUT2D eigenvalue weighted by Crippen LogP contribution is -2.17. The van der Waals surface area contributed by atoms with Crippen LogP contribution in [0.3, 0.4) is 0 Å². The number of para-hydroxylation sites is 1. The van der Waals surface area contributed by atoms with Crippen molar-refractivity contribution in [3.8, 4) is 0 Å². The lowest BCUT2D eigenvalue weighted by molar-refractivity contribution is 0.600. The fourth-order valence-corrected chi connectivity index (χ4v) is 3.08. The number of nitrogens with one attached hydrogen (secondary N) is 1. The number of rotatable bonds is 4. The van der Waals surface area contributed by atoms with Gasteiger partial charge in [-0.05, 0) is 23.2 Å². The van der Waals surface area contributed by atoms with Crippen LogP contribution >= 0.6 is 23.2 Å². The third-order valence-electron chi connectivity index (χ3n) is 2.33. The summed E-state index contributed by atoms with van der Waals surface area (Å²) in [5.41, 5.74) is 6.60. The molecule has 0 aliphatic heterocycles. The van der Waals surface area contributed by atoms with Gasteiger partial charge in [-0.15, -0.1) is 0 Å². The van der Waals surface area contributed by atoms with E-state index >= 15 is 0 Å². The third kappa shape index (κ3) is 3.96. The van der Waals surface area contributed by atoms with E-state index in [1.165, 1.54) is 6.07 Å². The number of nitrogens with two attached hydrogens (primary N) is 1. The van der Waals surface area contributed by atoms with Gasteiger partial charge in [0.2, 0.25) is 15.3 Å². The van der Waals surface area contributed by atoms with E-state index in [0.717, 1.165) is 0 Å². The molecule has 1 aromatic heterocycles. The number of anilines is 2. The van der Waals surface area contributed by atoms with Gasteiger partial charge in [-0.1, -0.05) is 29.8 Å². The molecule has 0 bridgehead atoms. The van der Waals surface area contributed by atoms with E-state index in [4.69, 9.17) is 28.9 Å². The minimum atomic E-state index is -3.68. The average Bonchev–Trinajstić information content (AvgIpc) is 2.29. The van der Waals surface area contributed by atoms with Gasteiger partial charge in [0, 0.05) is 11.8 Å². The Morgan fingerprint density at radius 1 is 1.20 bits per heavy atom. The van der Waals surface area contributed by atoms with Crippen LogP contribution in [0.15, 0.2) is 30.3 Å². The maximum absolute atomic E-state index is 12.0. The van der Waals surface area contributed by atoms with Crippen LogP contribution in [0.4, 0.5) is 11.5 Å². The Balaban J connectivity index is 2.21. The second kappa shape index (κ2) is 5.82. The maximum Gasteiger partial charge on any atom is 0.238 e. The van der Waals surface area contributed by atoms with Gasteiger partial charge in [-0.2, -0.15) is 4.98 Å². The van der Waals surface area contributed by atoms with Gasteiger partial charge in [0.1, 0.15) is 11.0 Å². The normalized spacial score (nSPS) is 11.3. The topological polar surface area (TPSA) is 98.0 Å². The predicted octanol–water partition coefficient (Wildman–Crippen LogP) is 2.31. The number of hydrogen-bond acceptors (Lipinski definition) is 5.